The van der Waals surface area contributed by atoms with Gasteiger partial charge in [-0.15, -0.1) is 0 Å². The molecule has 21 heavy (non-hydrogen) atoms. The summed E-state index contributed by atoms with van der Waals surface area (Å²) < 4.78 is 1.95. The zero-order chi connectivity index (χ0) is 15.4. The third kappa shape index (κ3) is 4.29. The van der Waals surface area contributed by atoms with Crippen molar-refractivity contribution in [2.75, 3.05) is 6.54 Å². The molecule has 1 amide bonds. The van der Waals surface area contributed by atoms with E-state index in [9.17, 15) is 4.79 Å². The molecule has 2 heterocycles. The SMILES string of the molecule is Cc1cc(C(=O)NCCCn2nc(C)cc2C)cc(Cl)n1. The van der Waals surface area contributed by atoms with Crippen molar-refractivity contribution in [2.45, 2.75) is 33.7 Å². The van der Waals surface area contributed by atoms with Gasteiger partial charge in [-0.3, -0.25) is 9.48 Å². The van der Waals surface area contributed by atoms with Crippen LogP contribution in [0.25, 0.3) is 0 Å². The summed E-state index contributed by atoms with van der Waals surface area (Å²) in [6.07, 6.45) is 0.825. The van der Waals surface area contributed by atoms with Crippen LogP contribution in [0.15, 0.2) is 18.2 Å². The minimum Gasteiger partial charge on any atom is -0.352 e. The topological polar surface area (TPSA) is 59.8 Å². The Morgan fingerprint density at radius 1 is 1.24 bits per heavy atom. The van der Waals surface area contributed by atoms with Gasteiger partial charge in [-0.05, 0) is 45.4 Å². The van der Waals surface area contributed by atoms with Crippen molar-refractivity contribution in [1.82, 2.24) is 20.1 Å². The van der Waals surface area contributed by atoms with Gasteiger partial charge < -0.3 is 5.32 Å². The smallest absolute Gasteiger partial charge is 0.251 e. The van der Waals surface area contributed by atoms with Crippen LogP contribution in [0.4, 0.5) is 0 Å². The zero-order valence-electron chi connectivity index (χ0n) is 12.5. The quantitative estimate of drug-likeness (QED) is 0.682. The molecule has 0 unspecified atom stereocenters. The normalized spacial score (nSPS) is 10.7. The number of nitrogens with zero attached hydrogens (tertiary/aromatic N) is 3. The standard InChI is InChI=1S/C15H19ClN4O/c1-10-8-13(9-14(16)18-10)15(21)17-5-4-6-20-12(3)7-11(2)19-20/h7-9H,4-6H2,1-3H3,(H,17,21). The van der Waals surface area contributed by atoms with Crippen LogP contribution in [0.2, 0.25) is 5.15 Å². The van der Waals surface area contributed by atoms with E-state index in [1.54, 1.807) is 12.1 Å². The van der Waals surface area contributed by atoms with Crippen molar-refractivity contribution in [3.63, 3.8) is 0 Å². The molecule has 0 aromatic carbocycles. The monoisotopic (exact) mass is 306 g/mol. The Bertz CT molecular complexity index is 631. The maximum atomic E-state index is 12.0. The minimum atomic E-state index is -0.129. The summed E-state index contributed by atoms with van der Waals surface area (Å²) in [6.45, 7) is 7.19. The molecule has 2 aromatic rings. The molecule has 0 aliphatic heterocycles. The van der Waals surface area contributed by atoms with Crippen molar-refractivity contribution in [1.29, 1.82) is 0 Å². The summed E-state index contributed by atoms with van der Waals surface area (Å²) in [5.74, 6) is -0.129. The molecule has 0 aliphatic rings. The molecule has 0 bridgehead atoms. The molecule has 1 N–H and O–H groups in total. The number of hydrogen-bond donors (Lipinski definition) is 1. The molecule has 0 radical (unpaired) electrons. The molecule has 0 fully saturated rings. The summed E-state index contributed by atoms with van der Waals surface area (Å²) in [5.41, 5.74) is 3.42. The highest BCUT2D eigenvalue weighted by Crippen LogP contribution is 2.10. The van der Waals surface area contributed by atoms with Gasteiger partial charge in [-0.1, -0.05) is 11.6 Å². The first-order valence-electron chi connectivity index (χ1n) is 6.89. The molecule has 0 saturated carbocycles. The number of rotatable bonds is 5. The van der Waals surface area contributed by atoms with Crippen molar-refractivity contribution in [3.8, 4) is 0 Å². The fourth-order valence-corrected chi connectivity index (χ4v) is 2.44. The predicted molar refractivity (Wildman–Crippen MR) is 82.6 cm³/mol. The van der Waals surface area contributed by atoms with Gasteiger partial charge in [0.2, 0.25) is 0 Å². The summed E-state index contributed by atoms with van der Waals surface area (Å²) in [6, 6.07) is 5.34. The van der Waals surface area contributed by atoms with E-state index in [4.69, 9.17) is 11.6 Å². The Morgan fingerprint density at radius 2 is 2.00 bits per heavy atom. The lowest BCUT2D eigenvalue weighted by molar-refractivity contribution is 0.0952. The van der Waals surface area contributed by atoms with Crippen LogP contribution >= 0.6 is 11.6 Å². The highest BCUT2D eigenvalue weighted by atomic mass is 35.5. The van der Waals surface area contributed by atoms with Crippen molar-refractivity contribution in [2.24, 2.45) is 0 Å². The van der Waals surface area contributed by atoms with Crippen LogP contribution in [0.1, 0.15) is 33.9 Å². The Kier molecular flexibility index (Phi) is 4.96. The maximum Gasteiger partial charge on any atom is 0.251 e. The lowest BCUT2D eigenvalue weighted by atomic mass is 10.2. The van der Waals surface area contributed by atoms with E-state index >= 15 is 0 Å². The fraction of sp³-hybridized carbons (Fsp3) is 0.400. The highest BCUT2D eigenvalue weighted by Gasteiger charge is 2.07. The van der Waals surface area contributed by atoms with E-state index in [1.165, 1.54) is 0 Å². The lowest BCUT2D eigenvalue weighted by Gasteiger charge is -2.07. The number of amides is 1. The second-order valence-electron chi connectivity index (χ2n) is 5.08. The molecule has 2 rings (SSSR count). The lowest BCUT2D eigenvalue weighted by Crippen LogP contribution is -2.25. The zero-order valence-corrected chi connectivity index (χ0v) is 13.2. The second-order valence-corrected chi connectivity index (χ2v) is 5.47. The highest BCUT2D eigenvalue weighted by molar-refractivity contribution is 6.29. The maximum absolute atomic E-state index is 12.0. The van der Waals surface area contributed by atoms with Gasteiger partial charge in [-0.25, -0.2) is 4.98 Å². The first-order valence-corrected chi connectivity index (χ1v) is 7.27. The number of carbonyl (C=O) groups is 1. The fourth-order valence-electron chi connectivity index (χ4n) is 2.19. The molecule has 112 valence electrons. The van der Waals surface area contributed by atoms with Gasteiger partial charge in [0, 0.05) is 30.0 Å². The number of aromatic nitrogens is 3. The van der Waals surface area contributed by atoms with Crippen molar-refractivity contribution < 1.29 is 4.79 Å². The van der Waals surface area contributed by atoms with Crippen LogP contribution < -0.4 is 5.32 Å². The van der Waals surface area contributed by atoms with Crippen LogP contribution in [0, 0.1) is 20.8 Å². The molecular formula is C15H19ClN4O. The van der Waals surface area contributed by atoms with Gasteiger partial charge in [-0.2, -0.15) is 5.10 Å². The number of halogens is 1. The summed E-state index contributed by atoms with van der Waals surface area (Å²) in [5, 5.41) is 7.61. The number of aryl methyl sites for hydroxylation is 4. The average molecular weight is 307 g/mol. The first kappa shape index (κ1) is 15.5. The number of pyridine rings is 1. The van der Waals surface area contributed by atoms with E-state index in [2.05, 4.69) is 15.4 Å². The largest absolute Gasteiger partial charge is 0.352 e. The van der Waals surface area contributed by atoms with E-state index in [1.807, 2.05) is 31.5 Å². The van der Waals surface area contributed by atoms with E-state index < -0.39 is 0 Å². The first-order chi connectivity index (χ1) is 9.95. The number of nitrogens with one attached hydrogen (secondary N) is 1. The van der Waals surface area contributed by atoms with Gasteiger partial charge in [0.25, 0.3) is 5.91 Å². The van der Waals surface area contributed by atoms with E-state index in [0.717, 1.165) is 30.0 Å². The molecule has 0 spiro atoms. The summed E-state index contributed by atoms with van der Waals surface area (Å²) in [4.78, 5) is 16.1. The molecule has 5 nitrogen and oxygen atoms in total. The Hall–Kier alpha value is -1.88. The Morgan fingerprint density at radius 3 is 2.62 bits per heavy atom. The van der Waals surface area contributed by atoms with E-state index in [0.29, 0.717) is 17.3 Å². The third-order valence-electron chi connectivity index (χ3n) is 3.12. The van der Waals surface area contributed by atoms with Gasteiger partial charge in [0.1, 0.15) is 5.15 Å². The van der Waals surface area contributed by atoms with Crippen LogP contribution in [-0.4, -0.2) is 27.2 Å². The van der Waals surface area contributed by atoms with Crippen LogP contribution in [0.5, 0.6) is 0 Å². The Labute approximate surface area is 129 Å². The molecule has 6 heteroatoms. The minimum absolute atomic E-state index is 0.129. The van der Waals surface area contributed by atoms with Crippen molar-refractivity contribution >= 4 is 17.5 Å². The molecule has 0 aliphatic carbocycles. The third-order valence-corrected chi connectivity index (χ3v) is 3.31. The predicted octanol–water partition coefficient (Wildman–Crippen LogP) is 2.68. The van der Waals surface area contributed by atoms with Crippen LogP contribution in [0.3, 0.4) is 0 Å². The van der Waals surface area contributed by atoms with Crippen LogP contribution in [-0.2, 0) is 6.54 Å². The van der Waals surface area contributed by atoms with Gasteiger partial charge in [0.05, 0.1) is 5.69 Å². The van der Waals surface area contributed by atoms with E-state index in [-0.39, 0.29) is 5.91 Å². The molecule has 0 atom stereocenters. The Balaban J connectivity index is 1.83. The second kappa shape index (κ2) is 6.72. The molecule has 2 aromatic heterocycles. The van der Waals surface area contributed by atoms with Gasteiger partial charge >= 0.3 is 0 Å². The molecule has 0 saturated heterocycles. The summed E-state index contributed by atoms with van der Waals surface area (Å²) >= 11 is 5.85. The van der Waals surface area contributed by atoms with Crippen molar-refractivity contribution in [3.05, 3.63) is 46.0 Å². The van der Waals surface area contributed by atoms with Gasteiger partial charge in [0.15, 0.2) is 0 Å². The molecular weight excluding hydrogens is 288 g/mol. The number of carbonyl (C=O) groups excluding carboxylic acids is 1. The average Bonchev–Trinajstić information content (AvgIpc) is 2.71. The number of hydrogen-bond acceptors (Lipinski definition) is 3. The summed E-state index contributed by atoms with van der Waals surface area (Å²) in [7, 11) is 0.